The summed E-state index contributed by atoms with van der Waals surface area (Å²) in [5.41, 5.74) is 8.78. The van der Waals surface area contributed by atoms with Crippen molar-refractivity contribution in [1.82, 2.24) is 15.8 Å². The molecule has 0 bridgehead atoms. The molecular formula is C21H17N3O2. The van der Waals surface area contributed by atoms with E-state index in [1.165, 1.54) is 0 Å². The van der Waals surface area contributed by atoms with Crippen molar-refractivity contribution in [1.29, 1.82) is 0 Å². The number of hydrazine groups is 1. The molecule has 0 unspecified atom stereocenters. The van der Waals surface area contributed by atoms with Crippen LogP contribution >= 0.6 is 0 Å². The minimum atomic E-state index is -0.299. The number of nitrogens with zero attached hydrogens (tertiary/aromatic N) is 1. The Hall–Kier alpha value is -3.60. The van der Waals surface area contributed by atoms with E-state index in [4.69, 9.17) is 4.74 Å². The van der Waals surface area contributed by atoms with Gasteiger partial charge in [0, 0.05) is 11.8 Å². The fourth-order valence-corrected chi connectivity index (χ4v) is 2.81. The molecule has 1 aliphatic heterocycles. The Bertz CT molecular complexity index is 940. The summed E-state index contributed by atoms with van der Waals surface area (Å²) in [7, 11) is 0. The number of hydrogen-bond donors (Lipinski definition) is 2. The number of carbonyl (C=O) groups is 1. The van der Waals surface area contributed by atoms with Crippen LogP contribution in [0.5, 0.6) is 5.75 Å². The summed E-state index contributed by atoms with van der Waals surface area (Å²) in [6, 6.07) is 22.9. The number of para-hydroxylation sites is 1. The Kier molecular flexibility index (Phi) is 4.35. The van der Waals surface area contributed by atoms with E-state index in [9.17, 15) is 4.79 Å². The van der Waals surface area contributed by atoms with Gasteiger partial charge in [-0.3, -0.25) is 20.6 Å². The van der Waals surface area contributed by atoms with E-state index in [2.05, 4.69) is 15.8 Å². The van der Waals surface area contributed by atoms with Crippen LogP contribution in [0.3, 0.4) is 0 Å². The van der Waals surface area contributed by atoms with Gasteiger partial charge in [-0.25, -0.2) is 0 Å². The highest BCUT2D eigenvalue weighted by molar-refractivity contribution is 5.92. The van der Waals surface area contributed by atoms with Gasteiger partial charge in [0.15, 0.2) is 0 Å². The number of amides is 1. The summed E-state index contributed by atoms with van der Waals surface area (Å²) in [6.45, 7) is 0. The van der Waals surface area contributed by atoms with Crippen molar-refractivity contribution in [2.45, 2.75) is 6.10 Å². The minimum absolute atomic E-state index is 0.236. The standard InChI is InChI=1S/C21H17N3O2/c25-21(17-11-6-7-13-22-17)24-23-18-14-20(15-8-2-1-3-9-15)26-19-12-5-4-10-16(18)19/h1-14,20,23H,(H,24,25)/t20-/m0/s1. The summed E-state index contributed by atoms with van der Waals surface area (Å²) in [6.07, 6.45) is 3.31. The predicted octanol–water partition coefficient (Wildman–Crippen LogP) is 3.49. The van der Waals surface area contributed by atoms with Gasteiger partial charge in [0.05, 0.1) is 5.70 Å². The Morgan fingerprint density at radius 1 is 0.923 bits per heavy atom. The highest BCUT2D eigenvalue weighted by Crippen LogP contribution is 2.35. The molecule has 1 aliphatic rings. The lowest BCUT2D eigenvalue weighted by molar-refractivity contribution is 0.0937. The highest BCUT2D eigenvalue weighted by Gasteiger charge is 2.22. The number of rotatable bonds is 4. The first-order valence-electron chi connectivity index (χ1n) is 8.31. The molecule has 0 radical (unpaired) electrons. The molecule has 4 rings (SSSR count). The number of benzene rings is 2. The first-order chi connectivity index (χ1) is 12.8. The molecule has 3 aromatic rings. The van der Waals surface area contributed by atoms with Crippen molar-refractivity contribution in [2.75, 3.05) is 0 Å². The zero-order valence-electron chi connectivity index (χ0n) is 13.9. The van der Waals surface area contributed by atoms with Gasteiger partial charge in [-0.2, -0.15) is 0 Å². The zero-order chi connectivity index (χ0) is 17.8. The normalized spacial score (nSPS) is 15.2. The average Bonchev–Trinajstić information content (AvgIpc) is 2.73. The largest absolute Gasteiger partial charge is 0.481 e. The van der Waals surface area contributed by atoms with E-state index >= 15 is 0 Å². The lowest BCUT2D eigenvalue weighted by atomic mass is 10.0. The number of fused-ring (bicyclic) bond motifs is 1. The van der Waals surface area contributed by atoms with Crippen LogP contribution in [0, 0.1) is 0 Å². The molecule has 0 fully saturated rings. The van der Waals surface area contributed by atoms with Crippen molar-refractivity contribution in [3.05, 3.63) is 102 Å². The van der Waals surface area contributed by atoms with Gasteiger partial charge < -0.3 is 4.74 Å². The van der Waals surface area contributed by atoms with Gasteiger partial charge in [-0.15, -0.1) is 0 Å². The zero-order valence-corrected chi connectivity index (χ0v) is 13.9. The van der Waals surface area contributed by atoms with E-state index < -0.39 is 0 Å². The number of carbonyl (C=O) groups excluding carboxylic acids is 1. The molecule has 1 aromatic heterocycles. The summed E-state index contributed by atoms with van der Waals surface area (Å²) < 4.78 is 6.10. The van der Waals surface area contributed by atoms with Gasteiger partial charge in [0.25, 0.3) is 5.91 Å². The lowest BCUT2D eigenvalue weighted by Gasteiger charge is -2.26. The van der Waals surface area contributed by atoms with Crippen LogP contribution in [0.4, 0.5) is 0 Å². The SMILES string of the molecule is O=C(NNC1=C[C@@H](c2ccccc2)Oc2ccccc21)c1ccccn1. The first-order valence-corrected chi connectivity index (χ1v) is 8.31. The van der Waals surface area contributed by atoms with Gasteiger partial charge >= 0.3 is 0 Å². The Labute approximate surface area is 151 Å². The Morgan fingerprint density at radius 3 is 2.50 bits per heavy atom. The van der Waals surface area contributed by atoms with Crippen LogP contribution in [-0.2, 0) is 0 Å². The van der Waals surface area contributed by atoms with Crippen LogP contribution in [0.1, 0.15) is 27.7 Å². The van der Waals surface area contributed by atoms with E-state index in [0.29, 0.717) is 5.69 Å². The van der Waals surface area contributed by atoms with Gasteiger partial charge in [0.2, 0.25) is 0 Å². The summed E-state index contributed by atoms with van der Waals surface area (Å²) in [5.74, 6) is 0.463. The molecule has 0 spiro atoms. The second-order valence-electron chi connectivity index (χ2n) is 5.82. The van der Waals surface area contributed by atoms with Crippen molar-refractivity contribution < 1.29 is 9.53 Å². The average molecular weight is 343 g/mol. The number of pyridine rings is 1. The Balaban J connectivity index is 1.59. The molecule has 2 heterocycles. The molecule has 5 nitrogen and oxygen atoms in total. The third kappa shape index (κ3) is 3.28. The molecule has 2 aromatic carbocycles. The van der Waals surface area contributed by atoms with E-state index in [1.807, 2.05) is 60.7 Å². The van der Waals surface area contributed by atoms with Gasteiger partial charge in [-0.05, 0) is 35.9 Å². The maximum atomic E-state index is 12.3. The third-order valence-electron chi connectivity index (χ3n) is 4.09. The Morgan fingerprint density at radius 2 is 1.69 bits per heavy atom. The molecule has 1 amide bonds. The monoisotopic (exact) mass is 343 g/mol. The second kappa shape index (κ2) is 7.11. The van der Waals surface area contributed by atoms with Crippen molar-refractivity contribution in [3.8, 4) is 5.75 Å². The molecule has 5 heteroatoms. The number of hydrogen-bond acceptors (Lipinski definition) is 4. The molecule has 0 saturated heterocycles. The summed E-state index contributed by atoms with van der Waals surface area (Å²) in [4.78, 5) is 16.3. The van der Waals surface area contributed by atoms with Crippen LogP contribution in [0.2, 0.25) is 0 Å². The summed E-state index contributed by atoms with van der Waals surface area (Å²) in [5, 5.41) is 0. The van der Waals surface area contributed by atoms with E-state index in [-0.39, 0.29) is 12.0 Å². The third-order valence-corrected chi connectivity index (χ3v) is 4.09. The van der Waals surface area contributed by atoms with Crippen molar-refractivity contribution >= 4 is 11.6 Å². The molecule has 1 atom stereocenters. The van der Waals surface area contributed by atoms with E-state index in [1.54, 1.807) is 24.4 Å². The fourth-order valence-electron chi connectivity index (χ4n) is 2.81. The number of ether oxygens (including phenoxy) is 1. The maximum absolute atomic E-state index is 12.3. The van der Waals surface area contributed by atoms with Gasteiger partial charge in [-0.1, -0.05) is 48.5 Å². The van der Waals surface area contributed by atoms with Crippen LogP contribution < -0.4 is 15.6 Å². The van der Waals surface area contributed by atoms with Crippen LogP contribution in [0.25, 0.3) is 5.70 Å². The molecular weight excluding hydrogens is 326 g/mol. The second-order valence-corrected chi connectivity index (χ2v) is 5.82. The minimum Gasteiger partial charge on any atom is -0.481 e. The van der Waals surface area contributed by atoms with Crippen molar-refractivity contribution in [2.24, 2.45) is 0 Å². The highest BCUT2D eigenvalue weighted by atomic mass is 16.5. The first kappa shape index (κ1) is 15.9. The molecule has 26 heavy (non-hydrogen) atoms. The van der Waals surface area contributed by atoms with Crippen LogP contribution in [-0.4, -0.2) is 10.9 Å². The maximum Gasteiger partial charge on any atom is 0.288 e. The van der Waals surface area contributed by atoms with Crippen molar-refractivity contribution in [3.63, 3.8) is 0 Å². The quantitative estimate of drug-likeness (QED) is 0.712. The fraction of sp³-hybridized carbons (Fsp3) is 0.0476. The molecule has 2 N–H and O–H groups in total. The molecule has 128 valence electrons. The smallest absolute Gasteiger partial charge is 0.288 e. The van der Waals surface area contributed by atoms with E-state index in [0.717, 1.165) is 22.6 Å². The number of aromatic nitrogens is 1. The number of nitrogens with one attached hydrogen (secondary N) is 2. The topological polar surface area (TPSA) is 63.2 Å². The summed E-state index contributed by atoms with van der Waals surface area (Å²) >= 11 is 0. The molecule has 0 saturated carbocycles. The van der Waals surface area contributed by atoms with Crippen LogP contribution in [0.15, 0.2) is 85.1 Å². The lowest BCUT2D eigenvalue weighted by Crippen LogP contribution is -2.37. The van der Waals surface area contributed by atoms with Gasteiger partial charge in [0.1, 0.15) is 17.5 Å². The predicted molar refractivity (Wildman–Crippen MR) is 99.1 cm³/mol. The molecule has 0 aliphatic carbocycles.